The van der Waals surface area contributed by atoms with Crippen molar-refractivity contribution in [2.45, 2.75) is 57.9 Å². The third kappa shape index (κ3) is 3.11. The number of rotatable bonds is 3. The third-order valence-corrected chi connectivity index (χ3v) is 5.59. The number of benzene rings is 1. The molecule has 0 N–H and O–H groups in total. The van der Waals surface area contributed by atoms with Gasteiger partial charge >= 0.3 is 0 Å². The number of nitrogens with zero attached hydrogens (tertiary/aromatic N) is 1. The summed E-state index contributed by atoms with van der Waals surface area (Å²) in [6, 6.07) is 7.44. The summed E-state index contributed by atoms with van der Waals surface area (Å²) < 4.78 is 5.46. The van der Waals surface area contributed by atoms with E-state index in [1.807, 2.05) is 0 Å². The molecule has 2 nitrogen and oxygen atoms in total. The fourth-order valence-corrected chi connectivity index (χ4v) is 4.27. The molecule has 1 aromatic carbocycles. The third-order valence-electron chi connectivity index (χ3n) is 5.59. The molecular weight excluding hydrogens is 258 g/mol. The Bertz CT molecular complexity index is 474. The first-order chi connectivity index (χ1) is 10.2. The van der Waals surface area contributed by atoms with Crippen molar-refractivity contribution in [2.24, 2.45) is 5.92 Å². The number of methoxy groups -OCH3 is 1. The first kappa shape index (κ1) is 14.9. The second kappa shape index (κ2) is 6.39. The van der Waals surface area contributed by atoms with Gasteiger partial charge in [-0.1, -0.05) is 6.07 Å². The van der Waals surface area contributed by atoms with Crippen LogP contribution in [-0.2, 0) is 6.42 Å². The highest BCUT2D eigenvalue weighted by Gasteiger charge is 2.31. The molecule has 2 aliphatic rings. The van der Waals surface area contributed by atoms with Gasteiger partial charge in [-0.05, 0) is 94.1 Å². The number of hydrogen-bond acceptors (Lipinski definition) is 2. The summed E-state index contributed by atoms with van der Waals surface area (Å²) in [5, 5.41) is 0. The summed E-state index contributed by atoms with van der Waals surface area (Å²) in [6.07, 6.45) is 6.70. The predicted molar refractivity (Wildman–Crippen MR) is 88.1 cm³/mol. The Morgan fingerprint density at radius 2 is 1.90 bits per heavy atom. The molecule has 0 spiro atoms. The number of aryl methyl sites for hydroxylation is 1. The van der Waals surface area contributed by atoms with E-state index in [1.54, 1.807) is 18.2 Å². The van der Waals surface area contributed by atoms with Gasteiger partial charge in [0.25, 0.3) is 0 Å². The van der Waals surface area contributed by atoms with Gasteiger partial charge in [0.1, 0.15) is 5.75 Å². The first-order valence-electron chi connectivity index (χ1n) is 8.60. The molecule has 21 heavy (non-hydrogen) atoms. The van der Waals surface area contributed by atoms with E-state index in [0.29, 0.717) is 6.04 Å². The van der Waals surface area contributed by atoms with Crippen LogP contribution in [0.5, 0.6) is 5.75 Å². The summed E-state index contributed by atoms with van der Waals surface area (Å²) in [7, 11) is 1.78. The number of fused-ring (bicyclic) bond motifs is 1. The zero-order chi connectivity index (χ0) is 14.8. The maximum atomic E-state index is 5.46. The van der Waals surface area contributed by atoms with Gasteiger partial charge in [-0.25, -0.2) is 0 Å². The lowest BCUT2D eigenvalue weighted by atomic mass is 9.72. The van der Waals surface area contributed by atoms with E-state index < -0.39 is 0 Å². The lowest BCUT2D eigenvalue weighted by molar-refractivity contribution is 0.133. The molecule has 1 aliphatic carbocycles. The van der Waals surface area contributed by atoms with Crippen LogP contribution in [0.3, 0.4) is 0 Å². The van der Waals surface area contributed by atoms with Crippen molar-refractivity contribution in [3.05, 3.63) is 29.3 Å². The largest absolute Gasteiger partial charge is 0.497 e. The van der Waals surface area contributed by atoms with E-state index >= 15 is 0 Å². The minimum absolute atomic E-state index is 0.699. The average molecular weight is 287 g/mol. The van der Waals surface area contributed by atoms with Gasteiger partial charge in [-0.3, -0.25) is 0 Å². The van der Waals surface area contributed by atoms with Crippen LogP contribution in [0.1, 0.15) is 56.6 Å². The Kier molecular flexibility index (Phi) is 4.54. The average Bonchev–Trinajstić information content (AvgIpc) is 2.54. The molecular formula is C19H29NO. The second-order valence-electron chi connectivity index (χ2n) is 7.03. The highest BCUT2D eigenvalue weighted by molar-refractivity contribution is 5.40. The van der Waals surface area contributed by atoms with Gasteiger partial charge in [0.2, 0.25) is 0 Å². The van der Waals surface area contributed by atoms with Gasteiger partial charge in [-0.15, -0.1) is 0 Å². The molecule has 0 radical (unpaired) electrons. The van der Waals surface area contributed by atoms with Crippen LogP contribution in [-0.4, -0.2) is 31.1 Å². The summed E-state index contributed by atoms with van der Waals surface area (Å²) in [4.78, 5) is 2.63. The lowest BCUT2D eigenvalue weighted by Gasteiger charge is -2.40. The van der Waals surface area contributed by atoms with Crippen molar-refractivity contribution in [1.29, 1.82) is 0 Å². The normalized spacial score (nSPS) is 24.1. The molecule has 1 unspecified atom stereocenters. The standard InChI is InChI=1S/C19H29NO/c1-14(2)20-11-9-16(10-12-20)18-6-4-5-15-7-8-17(21-3)13-19(15)18/h7-8,13-14,16,18H,4-6,9-12H2,1-3H3. The molecule has 0 bridgehead atoms. The maximum Gasteiger partial charge on any atom is 0.119 e. The molecule has 1 heterocycles. The van der Waals surface area contributed by atoms with E-state index in [-0.39, 0.29) is 0 Å². The molecule has 1 atom stereocenters. The summed E-state index contributed by atoms with van der Waals surface area (Å²) >= 11 is 0. The van der Waals surface area contributed by atoms with Gasteiger partial charge < -0.3 is 9.64 Å². The topological polar surface area (TPSA) is 12.5 Å². The molecule has 0 saturated carbocycles. The van der Waals surface area contributed by atoms with E-state index in [9.17, 15) is 0 Å². The highest BCUT2D eigenvalue weighted by atomic mass is 16.5. The summed E-state index contributed by atoms with van der Waals surface area (Å²) in [6.45, 7) is 7.19. The molecule has 1 saturated heterocycles. The number of piperidine rings is 1. The molecule has 1 fully saturated rings. The van der Waals surface area contributed by atoms with Crippen LogP contribution >= 0.6 is 0 Å². The zero-order valence-electron chi connectivity index (χ0n) is 13.8. The quantitative estimate of drug-likeness (QED) is 0.824. The number of ether oxygens (including phenoxy) is 1. The number of likely N-dealkylation sites (tertiary alicyclic amines) is 1. The molecule has 3 rings (SSSR count). The SMILES string of the molecule is COc1ccc2c(c1)C(C1CCN(C(C)C)CC1)CCC2. The van der Waals surface area contributed by atoms with Crippen LogP contribution < -0.4 is 4.74 Å². The molecule has 0 aromatic heterocycles. The van der Waals surface area contributed by atoms with Crippen LogP contribution in [0.15, 0.2) is 18.2 Å². The van der Waals surface area contributed by atoms with Gasteiger partial charge in [0, 0.05) is 6.04 Å². The van der Waals surface area contributed by atoms with Gasteiger partial charge in [0.05, 0.1) is 7.11 Å². The van der Waals surface area contributed by atoms with E-state index in [1.165, 1.54) is 45.2 Å². The fourth-order valence-electron chi connectivity index (χ4n) is 4.27. The minimum Gasteiger partial charge on any atom is -0.497 e. The van der Waals surface area contributed by atoms with Crippen LogP contribution in [0.25, 0.3) is 0 Å². The maximum absolute atomic E-state index is 5.46. The smallest absolute Gasteiger partial charge is 0.119 e. The van der Waals surface area contributed by atoms with Gasteiger partial charge in [0.15, 0.2) is 0 Å². The van der Waals surface area contributed by atoms with Crippen molar-refractivity contribution in [2.75, 3.05) is 20.2 Å². The van der Waals surface area contributed by atoms with Crippen LogP contribution in [0.4, 0.5) is 0 Å². The molecule has 1 aromatic rings. The first-order valence-corrected chi connectivity index (χ1v) is 8.60. The molecule has 0 amide bonds. The lowest BCUT2D eigenvalue weighted by Crippen LogP contribution is -2.40. The summed E-state index contributed by atoms with van der Waals surface area (Å²) in [5.41, 5.74) is 3.15. The Morgan fingerprint density at radius 1 is 1.14 bits per heavy atom. The van der Waals surface area contributed by atoms with Crippen molar-refractivity contribution in [3.8, 4) is 5.75 Å². The minimum atomic E-state index is 0.699. The Balaban J connectivity index is 1.76. The van der Waals surface area contributed by atoms with Crippen molar-refractivity contribution >= 4 is 0 Å². The highest BCUT2D eigenvalue weighted by Crippen LogP contribution is 2.42. The fraction of sp³-hybridized carbons (Fsp3) is 0.684. The summed E-state index contributed by atoms with van der Waals surface area (Å²) in [5.74, 6) is 2.66. The predicted octanol–water partition coefficient (Wildman–Crippen LogP) is 4.24. The van der Waals surface area contributed by atoms with Crippen molar-refractivity contribution in [1.82, 2.24) is 4.90 Å². The molecule has 116 valence electrons. The Morgan fingerprint density at radius 3 is 2.57 bits per heavy atom. The van der Waals surface area contributed by atoms with Crippen LogP contribution in [0.2, 0.25) is 0 Å². The monoisotopic (exact) mass is 287 g/mol. The van der Waals surface area contributed by atoms with E-state index in [4.69, 9.17) is 4.74 Å². The van der Waals surface area contributed by atoms with Gasteiger partial charge in [-0.2, -0.15) is 0 Å². The van der Waals surface area contributed by atoms with Crippen LogP contribution in [0, 0.1) is 5.92 Å². The van der Waals surface area contributed by atoms with E-state index in [2.05, 4.69) is 36.9 Å². The molecule has 2 heteroatoms. The van der Waals surface area contributed by atoms with Crippen molar-refractivity contribution in [3.63, 3.8) is 0 Å². The molecule has 1 aliphatic heterocycles. The Labute approximate surface area is 129 Å². The second-order valence-corrected chi connectivity index (χ2v) is 7.03. The Hall–Kier alpha value is -1.02. The zero-order valence-corrected chi connectivity index (χ0v) is 13.8. The van der Waals surface area contributed by atoms with E-state index in [0.717, 1.165) is 17.6 Å². The van der Waals surface area contributed by atoms with Crippen molar-refractivity contribution < 1.29 is 4.74 Å². The number of hydrogen-bond donors (Lipinski definition) is 0.